The normalized spacial score (nSPS) is 41.0. The van der Waals surface area contributed by atoms with E-state index < -0.39 is 0 Å². The van der Waals surface area contributed by atoms with E-state index in [0.29, 0.717) is 29.6 Å². The largest absolute Gasteiger partial charge is 0.342 e. The van der Waals surface area contributed by atoms with Crippen LogP contribution in [-0.2, 0) is 4.79 Å². The molecule has 5 fully saturated rings. The first kappa shape index (κ1) is 14.9. The molecule has 1 unspecified atom stereocenters. The topological polar surface area (TPSA) is 61.9 Å². The standard InChI is InChI=1S/C19H28N4O/c1-11-20-18(22-21-11)14-3-2-4-23(10-14)19(24)17-15-6-12-5-13(8-15)9-16(17)7-12/h12-17H,2-10H2,1H3,(H,20,21,22). The fourth-order valence-corrected chi connectivity index (χ4v) is 6.47. The summed E-state index contributed by atoms with van der Waals surface area (Å²) in [4.78, 5) is 20.0. The van der Waals surface area contributed by atoms with Crippen molar-refractivity contribution in [1.29, 1.82) is 0 Å². The molecule has 1 aromatic heterocycles. The van der Waals surface area contributed by atoms with Crippen LogP contribution in [0.25, 0.3) is 0 Å². The lowest BCUT2D eigenvalue weighted by Crippen LogP contribution is -2.53. The molecule has 1 aromatic rings. The van der Waals surface area contributed by atoms with Crippen LogP contribution >= 0.6 is 0 Å². The quantitative estimate of drug-likeness (QED) is 0.908. The molecular weight excluding hydrogens is 300 g/mol. The summed E-state index contributed by atoms with van der Waals surface area (Å²) in [5.74, 6) is 6.09. The van der Waals surface area contributed by atoms with Crippen LogP contribution in [0.4, 0.5) is 0 Å². The molecule has 1 atom stereocenters. The second kappa shape index (κ2) is 5.57. The Labute approximate surface area is 143 Å². The molecule has 6 rings (SSSR count). The molecule has 4 bridgehead atoms. The van der Waals surface area contributed by atoms with E-state index in [1.165, 1.54) is 32.1 Å². The molecule has 4 saturated carbocycles. The predicted molar refractivity (Wildman–Crippen MR) is 90.2 cm³/mol. The Morgan fingerprint density at radius 1 is 1.12 bits per heavy atom. The number of H-pyrrole nitrogens is 1. The number of aromatic amines is 1. The summed E-state index contributed by atoms with van der Waals surface area (Å²) >= 11 is 0. The fourth-order valence-electron chi connectivity index (χ4n) is 6.47. The molecule has 0 aromatic carbocycles. The van der Waals surface area contributed by atoms with E-state index >= 15 is 0 Å². The number of carbonyl (C=O) groups excluding carboxylic acids is 1. The Morgan fingerprint density at radius 2 is 1.83 bits per heavy atom. The molecule has 4 aliphatic carbocycles. The Hall–Kier alpha value is -1.39. The highest BCUT2D eigenvalue weighted by Crippen LogP contribution is 2.57. The number of aromatic nitrogens is 3. The van der Waals surface area contributed by atoms with Gasteiger partial charge in [0.05, 0.1) is 0 Å². The van der Waals surface area contributed by atoms with Crippen LogP contribution in [0.2, 0.25) is 0 Å². The molecule has 1 N–H and O–H groups in total. The van der Waals surface area contributed by atoms with Gasteiger partial charge in [-0.1, -0.05) is 0 Å². The van der Waals surface area contributed by atoms with Crippen molar-refractivity contribution < 1.29 is 4.79 Å². The van der Waals surface area contributed by atoms with E-state index in [1.54, 1.807) is 0 Å². The zero-order valence-corrected chi connectivity index (χ0v) is 14.6. The first-order valence-corrected chi connectivity index (χ1v) is 9.85. The molecule has 5 aliphatic rings. The van der Waals surface area contributed by atoms with E-state index in [0.717, 1.165) is 49.4 Å². The van der Waals surface area contributed by atoms with Crippen LogP contribution in [0.1, 0.15) is 62.5 Å². The lowest BCUT2D eigenvalue weighted by molar-refractivity contribution is -0.150. The van der Waals surface area contributed by atoms with Crippen LogP contribution in [0.15, 0.2) is 0 Å². The Kier molecular flexibility index (Phi) is 3.46. The van der Waals surface area contributed by atoms with Gasteiger partial charge in [-0.25, -0.2) is 4.98 Å². The van der Waals surface area contributed by atoms with Gasteiger partial charge in [0.2, 0.25) is 5.91 Å². The lowest BCUT2D eigenvalue weighted by atomic mass is 9.51. The molecular formula is C19H28N4O. The number of hydrogen-bond donors (Lipinski definition) is 1. The van der Waals surface area contributed by atoms with Crippen molar-refractivity contribution in [1.82, 2.24) is 20.1 Å². The average Bonchev–Trinajstić information content (AvgIpc) is 3.00. The highest BCUT2D eigenvalue weighted by Gasteiger charge is 2.51. The van der Waals surface area contributed by atoms with Gasteiger partial charge < -0.3 is 4.90 Å². The van der Waals surface area contributed by atoms with Crippen molar-refractivity contribution in [2.45, 2.75) is 57.8 Å². The zero-order valence-electron chi connectivity index (χ0n) is 14.6. The van der Waals surface area contributed by atoms with Gasteiger partial charge in [-0.3, -0.25) is 9.89 Å². The van der Waals surface area contributed by atoms with Crippen molar-refractivity contribution in [3.8, 4) is 0 Å². The first-order valence-electron chi connectivity index (χ1n) is 9.85. The highest BCUT2D eigenvalue weighted by atomic mass is 16.2. The molecule has 1 aliphatic heterocycles. The summed E-state index contributed by atoms with van der Waals surface area (Å²) in [6.45, 7) is 3.69. The zero-order chi connectivity index (χ0) is 16.3. The molecule has 1 saturated heterocycles. The van der Waals surface area contributed by atoms with Crippen molar-refractivity contribution in [2.75, 3.05) is 13.1 Å². The Morgan fingerprint density at radius 3 is 2.46 bits per heavy atom. The predicted octanol–water partition coefficient (Wildman–Crippen LogP) is 2.89. The third kappa shape index (κ3) is 2.39. The summed E-state index contributed by atoms with van der Waals surface area (Å²) in [5.41, 5.74) is 0. The maximum absolute atomic E-state index is 13.3. The Balaban J connectivity index is 1.32. The van der Waals surface area contributed by atoms with E-state index in [2.05, 4.69) is 20.1 Å². The minimum Gasteiger partial charge on any atom is -0.342 e. The molecule has 130 valence electrons. The van der Waals surface area contributed by atoms with Crippen molar-refractivity contribution >= 4 is 5.91 Å². The molecule has 24 heavy (non-hydrogen) atoms. The number of nitrogens with one attached hydrogen (secondary N) is 1. The second-order valence-electron chi connectivity index (χ2n) is 8.86. The van der Waals surface area contributed by atoms with Crippen LogP contribution in [0, 0.1) is 36.5 Å². The number of nitrogens with zero attached hydrogens (tertiary/aromatic N) is 3. The number of aryl methyl sites for hydroxylation is 1. The van der Waals surface area contributed by atoms with Crippen LogP contribution in [0.5, 0.6) is 0 Å². The third-order valence-electron chi connectivity index (χ3n) is 7.22. The second-order valence-corrected chi connectivity index (χ2v) is 8.86. The number of rotatable bonds is 2. The number of carbonyl (C=O) groups is 1. The SMILES string of the molecule is Cc1nc(C2CCCN(C(=O)C3C4CC5CC(C4)CC3C5)C2)n[nH]1. The van der Waals surface area contributed by atoms with Crippen LogP contribution in [-0.4, -0.2) is 39.1 Å². The maximum Gasteiger partial charge on any atom is 0.226 e. The minimum atomic E-state index is 0.310. The summed E-state index contributed by atoms with van der Waals surface area (Å²) in [6, 6.07) is 0. The van der Waals surface area contributed by atoms with E-state index in [4.69, 9.17) is 0 Å². The summed E-state index contributed by atoms with van der Waals surface area (Å²) in [6.07, 6.45) is 8.91. The lowest BCUT2D eigenvalue weighted by Gasteiger charge is -2.54. The maximum atomic E-state index is 13.3. The van der Waals surface area contributed by atoms with Gasteiger partial charge in [-0.05, 0) is 75.5 Å². The Bertz CT molecular complexity index is 611. The van der Waals surface area contributed by atoms with E-state index in [-0.39, 0.29) is 0 Å². The van der Waals surface area contributed by atoms with Crippen LogP contribution < -0.4 is 0 Å². The number of amides is 1. The molecule has 5 heteroatoms. The van der Waals surface area contributed by atoms with E-state index in [1.807, 2.05) is 6.92 Å². The van der Waals surface area contributed by atoms with Gasteiger partial charge in [-0.15, -0.1) is 0 Å². The highest BCUT2D eigenvalue weighted by molar-refractivity contribution is 5.80. The average molecular weight is 328 g/mol. The van der Waals surface area contributed by atoms with Gasteiger partial charge in [0.1, 0.15) is 5.82 Å². The molecule has 0 spiro atoms. The van der Waals surface area contributed by atoms with Gasteiger partial charge in [0.25, 0.3) is 0 Å². The van der Waals surface area contributed by atoms with Gasteiger partial charge in [0, 0.05) is 24.9 Å². The summed E-state index contributed by atoms with van der Waals surface area (Å²) in [5, 5.41) is 7.30. The van der Waals surface area contributed by atoms with Crippen molar-refractivity contribution in [3.05, 3.63) is 11.6 Å². The smallest absolute Gasteiger partial charge is 0.226 e. The first-order chi connectivity index (χ1) is 11.7. The monoisotopic (exact) mass is 328 g/mol. The minimum absolute atomic E-state index is 0.310. The number of likely N-dealkylation sites (tertiary alicyclic amines) is 1. The molecule has 0 radical (unpaired) electrons. The number of piperidine rings is 1. The van der Waals surface area contributed by atoms with Crippen molar-refractivity contribution in [3.63, 3.8) is 0 Å². The molecule has 2 heterocycles. The van der Waals surface area contributed by atoms with Gasteiger partial charge >= 0.3 is 0 Å². The number of hydrogen-bond acceptors (Lipinski definition) is 3. The third-order valence-corrected chi connectivity index (χ3v) is 7.22. The van der Waals surface area contributed by atoms with E-state index in [9.17, 15) is 4.79 Å². The van der Waals surface area contributed by atoms with Crippen LogP contribution in [0.3, 0.4) is 0 Å². The summed E-state index contributed by atoms with van der Waals surface area (Å²) in [7, 11) is 0. The summed E-state index contributed by atoms with van der Waals surface area (Å²) < 4.78 is 0. The molecule has 5 nitrogen and oxygen atoms in total. The molecule has 1 amide bonds. The fraction of sp³-hybridized carbons (Fsp3) is 0.842. The van der Waals surface area contributed by atoms with Gasteiger partial charge in [-0.2, -0.15) is 5.10 Å². The van der Waals surface area contributed by atoms with Crippen molar-refractivity contribution in [2.24, 2.45) is 29.6 Å². The van der Waals surface area contributed by atoms with Gasteiger partial charge in [0.15, 0.2) is 5.82 Å².